The fraction of sp³-hybridized carbons (Fsp3) is 0.571. The third-order valence-electron chi connectivity index (χ3n) is 3.68. The van der Waals surface area contributed by atoms with Crippen LogP contribution in [0.4, 0.5) is 4.39 Å². The summed E-state index contributed by atoms with van der Waals surface area (Å²) in [6.07, 6.45) is 1.76. The molecule has 2 rings (SSSR count). The maximum Gasteiger partial charge on any atom is 0.243 e. The van der Waals surface area contributed by atoms with E-state index in [1.165, 1.54) is 16.4 Å². The number of methoxy groups -OCH3 is 1. The zero-order valence-corrected chi connectivity index (χ0v) is 13.5. The van der Waals surface area contributed by atoms with Gasteiger partial charge in [-0.25, -0.2) is 12.8 Å². The van der Waals surface area contributed by atoms with Gasteiger partial charge in [0, 0.05) is 25.8 Å². The minimum atomic E-state index is -3.61. The molecule has 118 valence electrons. The lowest BCUT2D eigenvalue weighted by molar-refractivity contribution is 0.118. The quantitative estimate of drug-likeness (QED) is 0.777. The van der Waals surface area contributed by atoms with E-state index in [2.05, 4.69) is 0 Å². The first-order valence-electron chi connectivity index (χ1n) is 6.82. The standard InChI is InChI=1S/C14H19ClFNO3S/c1-20-10-11-3-2-6-17(9-11)21(18,19)13-4-5-14(16)12(7-13)8-15/h4-5,7,11H,2-3,6,8-10H2,1H3. The van der Waals surface area contributed by atoms with Crippen LogP contribution in [0.3, 0.4) is 0 Å². The van der Waals surface area contributed by atoms with Crippen LogP contribution in [-0.2, 0) is 20.6 Å². The number of piperidine rings is 1. The number of hydrogen-bond donors (Lipinski definition) is 0. The maximum atomic E-state index is 13.5. The van der Waals surface area contributed by atoms with Crippen LogP contribution < -0.4 is 0 Å². The second-order valence-corrected chi connectivity index (χ2v) is 7.42. The monoisotopic (exact) mass is 335 g/mol. The molecule has 1 atom stereocenters. The fourth-order valence-electron chi connectivity index (χ4n) is 2.58. The molecule has 0 N–H and O–H groups in total. The molecule has 0 bridgehead atoms. The smallest absolute Gasteiger partial charge is 0.243 e. The molecule has 1 heterocycles. The molecule has 1 fully saturated rings. The van der Waals surface area contributed by atoms with E-state index >= 15 is 0 Å². The molecule has 0 radical (unpaired) electrons. The number of rotatable bonds is 5. The minimum absolute atomic E-state index is 0.0541. The summed E-state index contributed by atoms with van der Waals surface area (Å²) >= 11 is 5.64. The van der Waals surface area contributed by atoms with E-state index in [1.54, 1.807) is 7.11 Å². The predicted octanol–water partition coefficient (Wildman–Crippen LogP) is 2.61. The van der Waals surface area contributed by atoms with E-state index in [9.17, 15) is 12.8 Å². The predicted molar refractivity (Wildman–Crippen MR) is 79.3 cm³/mol. The first-order valence-corrected chi connectivity index (χ1v) is 8.80. The van der Waals surface area contributed by atoms with Crippen LogP contribution in [0.2, 0.25) is 0 Å². The van der Waals surface area contributed by atoms with Crippen molar-refractivity contribution in [1.29, 1.82) is 0 Å². The number of hydrogen-bond acceptors (Lipinski definition) is 3. The first-order chi connectivity index (χ1) is 9.98. The van der Waals surface area contributed by atoms with Crippen molar-refractivity contribution in [2.24, 2.45) is 5.92 Å². The lowest BCUT2D eigenvalue weighted by Gasteiger charge is -2.31. The molecule has 1 saturated heterocycles. The van der Waals surface area contributed by atoms with Gasteiger partial charge in [0.25, 0.3) is 0 Å². The van der Waals surface area contributed by atoms with Crippen LogP contribution in [0, 0.1) is 11.7 Å². The lowest BCUT2D eigenvalue weighted by atomic mass is 10.0. The van der Waals surface area contributed by atoms with Gasteiger partial charge < -0.3 is 4.74 Å². The van der Waals surface area contributed by atoms with E-state index in [0.717, 1.165) is 18.9 Å². The van der Waals surface area contributed by atoms with Gasteiger partial charge >= 0.3 is 0 Å². The van der Waals surface area contributed by atoms with Gasteiger partial charge in [0.05, 0.1) is 17.4 Å². The Morgan fingerprint density at radius 3 is 2.90 bits per heavy atom. The molecular formula is C14H19ClFNO3S. The third kappa shape index (κ3) is 3.74. The molecule has 0 aromatic heterocycles. The van der Waals surface area contributed by atoms with E-state index < -0.39 is 15.8 Å². The molecular weight excluding hydrogens is 317 g/mol. The highest BCUT2D eigenvalue weighted by atomic mass is 35.5. The molecule has 21 heavy (non-hydrogen) atoms. The van der Waals surface area contributed by atoms with Crippen LogP contribution in [0.15, 0.2) is 23.1 Å². The van der Waals surface area contributed by atoms with Gasteiger partial charge in [-0.15, -0.1) is 11.6 Å². The Morgan fingerprint density at radius 1 is 1.48 bits per heavy atom. The molecule has 4 nitrogen and oxygen atoms in total. The van der Waals surface area contributed by atoms with Crippen molar-refractivity contribution in [3.63, 3.8) is 0 Å². The number of halogens is 2. The van der Waals surface area contributed by atoms with Crippen molar-refractivity contribution in [1.82, 2.24) is 4.31 Å². The number of benzene rings is 1. The Morgan fingerprint density at radius 2 is 2.24 bits per heavy atom. The molecule has 1 aliphatic rings. The summed E-state index contributed by atoms with van der Waals surface area (Å²) in [7, 11) is -2.00. The van der Waals surface area contributed by atoms with E-state index in [0.29, 0.717) is 19.7 Å². The first kappa shape index (κ1) is 16.7. The highest BCUT2D eigenvalue weighted by molar-refractivity contribution is 7.89. The highest BCUT2D eigenvalue weighted by Gasteiger charge is 2.30. The topological polar surface area (TPSA) is 46.6 Å². The Labute approximate surface area is 129 Å². The summed E-state index contributed by atoms with van der Waals surface area (Å²) in [5.41, 5.74) is 0.197. The number of sulfonamides is 1. The molecule has 0 saturated carbocycles. The van der Waals surface area contributed by atoms with Crippen molar-refractivity contribution in [2.75, 3.05) is 26.8 Å². The molecule has 1 unspecified atom stereocenters. The lowest BCUT2D eigenvalue weighted by Crippen LogP contribution is -2.41. The molecule has 0 amide bonds. The van der Waals surface area contributed by atoms with E-state index in [4.69, 9.17) is 16.3 Å². The normalized spacial score (nSPS) is 20.6. The Balaban J connectivity index is 2.25. The average molecular weight is 336 g/mol. The number of nitrogens with zero attached hydrogens (tertiary/aromatic N) is 1. The summed E-state index contributed by atoms with van der Waals surface area (Å²) < 4.78 is 45.3. The molecule has 1 aromatic rings. The molecule has 1 aliphatic heterocycles. The number of ether oxygens (including phenoxy) is 1. The Bertz CT molecular complexity index is 592. The SMILES string of the molecule is COCC1CCCN(S(=O)(=O)c2ccc(F)c(CCl)c2)C1. The summed E-state index contributed by atoms with van der Waals surface area (Å²) in [4.78, 5) is 0.0950. The summed E-state index contributed by atoms with van der Waals surface area (Å²) in [5.74, 6) is -0.340. The van der Waals surface area contributed by atoms with Gasteiger partial charge in [-0.3, -0.25) is 0 Å². The average Bonchev–Trinajstić information content (AvgIpc) is 2.48. The molecule has 7 heteroatoms. The molecule has 1 aromatic carbocycles. The van der Waals surface area contributed by atoms with Gasteiger partial charge in [-0.05, 0) is 37.0 Å². The van der Waals surface area contributed by atoms with Gasteiger partial charge in [-0.1, -0.05) is 0 Å². The van der Waals surface area contributed by atoms with Crippen LogP contribution in [0.5, 0.6) is 0 Å². The largest absolute Gasteiger partial charge is 0.384 e. The zero-order valence-electron chi connectivity index (χ0n) is 11.9. The van der Waals surface area contributed by atoms with Gasteiger partial charge in [-0.2, -0.15) is 4.31 Å². The fourth-order valence-corrected chi connectivity index (χ4v) is 4.39. The van der Waals surface area contributed by atoms with Gasteiger partial charge in [0.1, 0.15) is 5.82 Å². The van der Waals surface area contributed by atoms with E-state index in [1.807, 2.05) is 0 Å². The zero-order chi connectivity index (χ0) is 15.5. The van der Waals surface area contributed by atoms with E-state index in [-0.39, 0.29) is 22.3 Å². The molecule has 0 aliphatic carbocycles. The number of alkyl halides is 1. The van der Waals surface area contributed by atoms with Crippen LogP contribution in [0.1, 0.15) is 18.4 Å². The Kier molecular flexibility index (Phi) is 5.60. The summed E-state index contributed by atoms with van der Waals surface area (Å²) in [6.45, 7) is 1.46. The molecule has 0 spiro atoms. The van der Waals surface area contributed by atoms with Gasteiger partial charge in [0.2, 0.25) is 10.0 Å². The third-order valence-corrected chi connectivity index (χ3v) is 5.83. The highest BCUT2D eigenvalue weighted by Crippen LogP contribution is 2.25. The maximum absolute atomic E-state index is 13.5. The minimum Gasteiger partial charge on any atom is -0.384 e. The van der Waals surface area contributed by atoms with Crippen molar-refractivity contribution < 1.29 is 17.5 Å². The summed E-state index contributed by atoms with van der Waals surface area (Å²) in [5, 5.41) is 0. The summed E-state index contributed by atoms with van der Waals surface area (Å²) in [6, 6.07) is 3.76. The van der Waals surface area contributed by atoms with Crippen molar-refractivity contribution in [3.8, 4) is 0 Å². The Hall–Kier alpha value is -0.690. The van der Waals surface area contributed by atoms with Crippen molar-refractivity contribution in [3.05, 3.63) is 29.6 Å². The van der Waals surface area contributed by atoms with Crippen LogP contribution in [-0.4, -0.2) is 39.5 Å². The van der Waals surface area contributed by atoms with Crippen LogP contribution >= 0.6 is 11.6 Å². The second-order valence-electron chi connectivity index (χ2n) is 5.21. The van der Waals surface area contributed by atoms with Crippen molar-refractivity contribution in [2.45, 2.75) is 23.6 Å². The second kappa shape index (κ2) is 7.05. The van der Waals surface area contributed by atoms with Crippen LogP contribution in [0.25, 0.3) is 0 Å². The van der Waals surface area contributed by atoms with Gasteiger partial charge in [0.15, 0.2) is 0 Å². The van der Waals surface area contributed by atoms with Crippen molar-refractivity contribution >= 4 is 21.6 Å².